The Hall–Kier alpha value is -2.36. The van der Waals surface area contributed by atoms with Crippen LogP contribution in [0.25, 0.3) is 16.3 Å². The van der Waals surface area contributed by atoms with Crippen molar-refractivity contribution in [1.29, 1.82) is 0 Å². The lowest BCUT2D eigenvalue weighted by molar-refractivity contribution is 0.0603. The minimum absolute atomic E-state index is 0.364. The fourth-order valence-corrected chi connectivity index (χ4v) is 2.01. The maximum atomic E-state index is 11.7. The quantitative estimate of drug-likeness (QED) is 0.598. The van der Waals surface area contributed by atoms with Gasteiger partial charge in [-0.15, -0.1) is 0 Å². The van der Waals surface area contributed by atoms with E-state index in [-0.39, 0.29) is 5.97 Å². The predicted molar refractivity (Wildman–Crippen MR) is 64.0 cm³/mol. The number of hydrogen-bond acceptors (Lipinski definition) is 3. The number of fused-ring (bicyclic) bond motifs is 3. The van der Waals surface area contributed by atoms with Crippen LogP contribution in [-0.2, 0) is 4.74 Å². The number of carbonyl (C=O) groups is 1. The van der Waals surface area contributed by atoms with Crippen molar-refractivity contribution in [3.05, 3.63) is 48.3 Å². The Morgan fingerprint density at radius 3 is 2.94 bits per heavy atom. The van der Waals surface area contributed by atoms with Crippen molar-refractivity contribution in [2.45, 2.75) is 0 Å². The molecule has 0 amide bonds. The molecule has 0 aliphatic heterocycles. The Balaban J connectivity index is 2.46. The fraction of sp³-hybridized carbons (Fsp3) is 0.0769. The third kappa shape index (κ3) is 1.38. The number of benzene rings is 1. The second-order valence-corrected chi connectivity index (χ2v) is 3.75. The van der Waals surface area contributed by atoms with E-state index >= 15 is 0 Å². The van der Waals surface area contributed by atoms with Gasteiger partial charge < -0.3 is 4.74 Å². The first-order valence-corrected chi connectivity index (χ1v) is 5.24. The molecule has 4 heteroatoms. The maximum absolute atomic E-state index is 11.7. The first-order chi connectivity index (χ1) is 8.31. The molecule has 2 aromatic heterocycles. The third-order valence-electron chi connectivity index (χ3n) is 2.81. The van der Waals surface area contributed by atoms with E-state index in [0.717, 1.165) is 16.3 Å². The Bertz CT molecular complexity index is 716. The van der Waals surface area contributed by atoms with Gasteiger partial charge in [-0.05, 0) is 11.5 Å². The van der Waals surface area contributed by atoms with Crippen molar-refractivity contribution >= 4 is 22.3 Å². The summed E-state index contributed by atoms with van der Waals surface area (Å²) in [5.74, 6) is -0.364. The zero-order chi connectivity index (χ0) is 11.8. The number of nitrogens with zero attached hydrogens (tertiary/aromatic N) is 2. The molecule has 4 nitrogen and oxygen atoms in total. The van der Waals surface area contributed by atoms with Crippen LogP contribution in [0.15, 0.2) is 42.7 Å². The van der Waals surface area contributed by atoms with Crippen LogP contribution in [-0.4, -0.2) is 22.7 Å². The van der Waals surface area contributed by atoms with Gasteiger partial charge in [0.05, 0.1) is 18.8 Å². The van der Waals surface area contributed by atoms with Crippen LogP contribution in [0, 0.1) is 0 Å². The molecule has 3 aromatic rings. The molecule has 0 radical (unpaired) electrons. The summed E-state index contributed by atoms with van der Waals surface area (Å²) in [5.41, 5.74) is 1.28. The average Bonchev–Trinajstić information content (AvgIpc) is 2.82. The Morgan fingerprint density at radius 1 is 1.29 bits per heavy atom. The van der Waals surface area contributed by atoms with E-state index in [1.807, 2.05) is 36.5 Å². The monoisotopic (exact) mass is 226 g/mol. The smallest absolute Gasteiger partial charge is 0.341 e. The highest BCUT2D eigenvalue weighted by atomic mass is 16.5. The van der Waals surface area contributed by atoms with E-state index in [0.29, 0.717) is 5.56 Å². The van der Waals surface area contributed by atoms with Crippen LogP contribution in [0.5, 0.6) is 0 Å². The Kier molecular flexibility index (Phi) is 2.08. The summed E-state index contributed by atoms with van der Waals surface area (Å²) in [6, 6.07) is 9.85. The summed E-state index contributed by atoms with van der Waals surface area (Å²) in [4.78, 5) is 11.7. The van der Waals surface area contributed by atoms with Gasteiger partial charge in [0, 0.05) is 11.6 Å². The van der Waals surface area contributed by atoms with Crippen molar-refractivity contribution in [1.82, 2.24) is 9.61 Å². The van der Waals surface area contributed by atoms with Gasteiger partial charge in [0.2, 0.25) is 0 Å². The van der Waals surface area contributed by atoms with Crippen LogP contribution >= 0.6 is 0 Å². The lowest BCUT2D eigenvalue weighted by Gasteiger charge is -2.02. The summed E-state index contributed by atoms with van der Waals surface area (Å²) < 4.78 is 6.45. The number of rotatable bonds is 1. The third-order valence-corrected chi connectivity index (χ3v) is 2.81. The van der Waals surface area contributed by atoms with Gasteiger partial charge in [-0.25, -0.2) is 9.31 Å². The van der Waals surface area contributed by atoms with Gasteiger partial charge in [0.1, 0.15) is 5.56 Å². The molecule has 0 atom stereocenters. The molecule has 0 N–H and O–H groups in total. The van der Waals surface area contributed by atoms with E-state index < -0.39 is 0 Å². The molecular formula is C13H10N2O2. The largest absolute Gasteiger partial charge is 0.465 e. The summed E-state index contributed by atoms with van der Waals surface area (Å²) in [5, 5.41) is 6.22. The molecule has 0 spiro atoms. The topological polar surface area (TPSA) is 43.6 Å². The van der Waals surface area contributed by atoms with Crippen LogP contribution in [0.1, 0.15) is 10.4 Å². The normalized spacial score (nSPS) is 10.9. The molecule has 0 aliphatic rings. The van der Waals surface area contributed by atoms with Crippen LogP contribution in [0.2, 0.25) is 0 Å². The Morgan fingerprint density at radius 2 is 2.12 bits per heavy atom. The first kappa shape index (κ1) is 9.84. The van der Waals surface area contributed by atoms with Crippen molar-refractivity contribution < 1.29 is 9.53 Å². The summed E-state index contributed by atoms with van der Waals surface area (Å²) in [6.45, 7) is 0. The number of hydrogen-bond donors (Lipinski definition) is 0. The predicted octanol–water partition coefficient (Wildman–Crippen LogP) is 2.27. The minimum atomic E-state index is -0.364. The summed E-state index contributed by atoms with van der Waals surface area (Å²) >= 11 is 0. The summed E-state index contributed by atoms with van der Waals surface area (Å²) in [6.07, 6.45) is 3.37. The molecule has 0 bridgehead atoms. The van der Waals surface area contributed by atoms with Crippen LogP contribution in [0.4, 0.5) is 0 Å². The van der Waals surface area contributed by atoms with Crippen molar-refractivity contribution in [3.8, 4) is 0 Å². The molecule has 17 heavy (non-hydrogen) atoms. The van der Waals surface area contributed by atoms with E-state index in [9.17, 15) is 4.79 Å². The lowest BCUT2D eigenvalue weighted by atomic mass is 10.1. The number of aromatic nitrogens is 2. The SMILES string of the molecule is COC(=O)c1cnn2ccc3ccccc3c12. The highest BCUT2D eigenvalue weighted by Gasteiger charge is 2.14. The van der Waals surface area contributed by atoms with Gasteiger partial charge in [0.25, 0.3) is 0 Å². The molecule has 2 heterocycles. The first-order valence-electron chi connectivity index (χ1n) is 5.24. The van der Waals surface area contributed by atoms with Crippen LogP contribution in [0.3, 0.4) is 0 Å². The standard InChI is InChI=1S/C13H10N2O2/c1-17-13(16)11-8-14-15-7-6-9-4-2-3-5-10(9)12(11)15/h2-8H,1H3. The van der Waals surface area contributed by atoms with Gasteiger partial charge in [0.15, 0.2) is 0 Å². The minimum Gasteiger partial charge on any atom is -0.465 e. The average molecular weight is 226 g/mol. The second kappa shape index (κ2) is 3.59. The molecule has 0 fully saturated rings. The highest BCUT2D eigenvalue weighted by Crippen LogP contribution is 2.22. The Labute approximate surface area is 97.4 Å². The molecular weight excluding hydrogens is 216 g/mol. The highest BCUT2D eigenvalue weighted by molar-refractivity contribution is 6.07. The van der Waals surface area contributed by atoms with Gasteiger partial charge in [-0.1, -0.05) is 24.3 Å². The molecule has 0 saturated heterocycles. The molecule has 0 unspecified atom stereocenters. The van der Waals surface area contributed by atoms with Crippen molar-refractivity contribution in [2.24, 2.45) is 0 Å². The molecule has 0 aliphatic carbocycles. The van der Waals surface area contributed by atoms with Crippen LogP contribution < -0.4 is 0 Å². The molecule has 3 rings (SSSR count). The number of esters is 1. The van der Waals surface area contributed by atoms with E-state index in [4.69, 9.17) is 4.74 Å². The molecule has 84 valence electrons. The number of carbonyl (C=O) groups excluding carboxylic acids is 1. The lowest BCUT2D eigenvalue weighted by Crippen LogP contribution is -2.00. The number of pyridine rings is 1. The zero-order valence-electron chi connectivity index (χ0n) is 9.25. The van der Waals surface area contributed by atoms with E-state index in [1.165, 1.54) is 13.3 Å². The van der Waals surface area contributed by atoms with E-state index in [1.54, 1.807) is 4.52 Å². The van der Waals surface area contributed by atoms with Crippen molar-refractivity contribution in [2.75, 3.05) is 7.11 Å². The zero-order valence-corrected chi connectivity index (χ0v) is 9.25. The van der Waals surface area contributed by atoms with Gasteiger partial charge in [-0.2, -0.15) is 5.10 Å². The maximum Gasteiger partial charge on any atom is 0.341 e. The summed E-state index contributed by atoms with van der Waals surface area (Å²) in [7, 11) is 1.37. The fourth-order valence-electron chi connectivity index (χ4n) is 2.01. The number of ether oxygens (including phenoxy) is 1. The second-order valence-electron chi connectivity index (χ2n) is 3.75. The van der Waals surface area contributed by atoms with Gasteiger partial charge in [-0.3, -0.25) is 0 Å². The van der Waals surface area contributed by atoms with E-state index in [2.05, 4.69) is 5.10 Å². The van der Waals surface area contributed by atoms with Gasteiger partial charge >= 0.3 is 5.97 Å². The molecule has 1 aromatic carbocycles. The van der Waals surface area contributed by atoms with Crippen molar-refractivity contribution in [3.63, 3.8) is 0 Å². The number of methoxy groups -OCH3 is 1. The molecule has 0 saturated carbocycles.